The molecular formula is C36H36N6O4. The number of aromatic hydroxyl groups is 2. The number of carbonyl (C=O) groups is 1. The van der Waals surface area contributed by atoms with Gasteiger partial charge in [0.1, 0.15) is 44.9 Å². The summed E-state index contributed by atoms with van der Waals surface area (Å²) in [7, 11) is 0. The molecule has 0 saturated heterocycles. The SMILES string of the molecule is C=C(C)C(=O)OCCc1cc(Cc2cc(CCC(C)C)cc(-n3nc4ccccc4n3)c2O)c(O)c(-n2nc3ccccc3n2)c1. The van der Waals surface area contributed by atoms with Gasteiger partial charge in [-0.15, -0.1) is 30.0 Å². The van der Waals surface area contributed by atoms with Gasteiger partial charge >= 0.3 is 5.97 Å². The van der Waals surface area contributed by atoms with E-state index in [2.05, 4.69) is 40.8 Å². The molecule has 0 spiro atoms. The number of nitrogens with zero attached hydrogens (tertiary/aromatic N) is 6. The monoisotopic (exact) mass is 616 g/mol. The van der Waals surface area contributed by atoms with Crippen LogP contribution in [-0.2, 0) is 28.8 Å². The van der Waals surface area contributed by atoms with E-state index in [1.54, 1.807) is 13.0 Å². The molecule has 0 saturated carbocycles. The van der Waals surface area contributed by atoms with Crippen LogP contribution in [0.15, 0.2) is 84.9 Å². The van der Waals surface area contributed by atoms with E-state index in [0.717, 1.165) is 35.0 Å². The summed E-state index contributed by atoms with van der Waals surface area (Å²) in [6.07, 6.45) is 2.35. The first kappa shape index (κ1) is 30.5. The molecule has 0 atom stereocenters. The van der Waals surface area contributed by atoms with E-state index in [-0.39, 0.29) is 24.5 Å². The van der Waals surface area contributed by atoms with Crippen LogP contribution in [0.25, 0.3) is 33.4 Å². The average Bonchev–Trinajstić information content (AvgIpc) is 3.67. The van der Waals surface area contributed by atoms with Crippen LogP contribution in [0.4, 0.5) is 0 Å². The highest BCUT2D eigenvalue weighted by Gasteiger charge is 2.20. The van der Waals surface area contributed by atoms with Crippen LogP contribution in [0.1, 0.15) is 49.4 Å². The Morgan fingerprint density at radius 1 is 0.761 bits per heavy atom. The third-order valence-corrected chi connectivity index (χ3v) is 7.82. The van der Waals surface area contributed by atoms with Gasteiger partial charge in [0.2, 0.25) is 0 Å². The zero-order valence-corrected chi connectivity index (χ0v) is 26.1. The van der Waals surface area contributed by atoms with Crippen LogP contribution in [0, 0.1) is 5.92 Å². The Balaban J connectivity index is 1.43. The maximum absolute atomic E-state index is 12.0. The van der Waals surface area contributed by atoms with Crippen LogP contribution >= 0.6 is 0 Å². The summed E-state index contributed by atoms with van der Waals surface area (Å²) in [5.74, 6) is 0.0398. The lowest BCUT2D eigenvalue weighted by molar-refractivity contribution is -0.138. The summed E-state index contributed by atoms with van der Waals surface area (Å²) in [5, 5.41) is 41.7. The minimum absolute atomic E-state index is 0.0144. The molecule has 6 rings (SSSR count). The van der Waals surface area contributed by atoms with Crippen molar-refractivity contribution in [3.8, 4) is 22.9 Å². The predicted octanol–water partition coefficient (Wildman–Crippen LogP) is 6.41. The highest BCUT2D eigenvalue weighted by Crippen LogP contribution is 2.35. The molecule has 46 heavy (non-hydrogen) atoms. The molecule has 234 valence electrons. The quantitative estimate of drug-likeness (QED) is 0.126. The molecule has 2 aromatic heterocycles. The van der Waals surface area contributed by atoms with E-state index in [1.165, 1.54) is 9.59 Å². The first-order valence-electron chi connectivity index (χ1n) is 15.3. The van der Waals surface area contributed by atoms with Crippen LogP contribution in [0.5, 0.6) is 11.5 Å². The fourth-order valence-corrected chi connectivity index (χ4v) is 5.33. The second-order valence-electron chi connectivity index (χ2n) is 12.0. The summed E-state index contributed by atoms with van der Waals surface area (Å²) in [4.78, 5) is 14.9. The fourth-order valence-electron chi connectivity index (χ4n) is 5.33. The van der Waals surface area contributed by atoms with Crippen LogP contribution in [-0.4, -0.2) is 52.8 Å². The summed E-state index contributed by atoms with van der Waals surface area (Å²) >= 11 is 0. The van der Waals surface area contributed by atoms with Crippen molar-refractivity contribution in [3.05, 3.63) is 107 Å². The summed E-state index contributed by atoms with van der Waals surface area (Å²) < 4.78 is 5.36. The number of benzene rings is 4. The minimum atomic E-state index is -0.463. The third kappa shape index (κ3) is 6.46. The number of phenolic OH excluding ortho intramolecular Hbond substituents is 2. The van der Waals surface area contributed by atoms with Crippen molar-refractivity contribution in [2.75, 3.05) is 6.61 Å². The van der Waals surface area contributed by atoms with E-state index in [4.69, 9.17) is 4.74 Å². The van der Waals surface area contributed by atoms with Gasteiger partial charge in [-0.2, -0.15) is 0 Å². The second-order valence-corrected chi connectivity index (χ2v) is 12.0. The summed E-state index contributed by atoms with van der Waals surface area (Å²) in [6.45, 7) is 9.73. The molecule has 10 nitrogen and oxygen atoms in total. The Bertz CT molecular complexity index is 2010. The van der Waals surface area contributed by atoms with Crippen LogP contribution < -0.4 is 0 Å². The number of rotatable bonds is 11. The normalized spacial score (nSPS) is 11.5. The molecule has 0 aliphatic rings. The van der Waals surface area contributed by atoms with E-state index >= 15 is 0 Å². The van der Waals surface area contributed by atoms with Crippen molar-refractivity contribution >= 4 is 28.0 Å². The van der Waals surface area contributed by atoms with Gasteiger partial charge in [0, 0.05) is 29.5 Å². The first-order valence-corrected chi connectivity index (χ1v) is 15.3. The molecular weight excluding hydrogens is 580 g/mol. The number of fused-ring (bicyclic) bond motifs is 2. The van der Waals surface area contributed by atoms with Gasteiger partial charge in [0.05, 0.1) is 6.61 Å². The van der Waals surface area contributed by atoms with Gasteiger partial charge in [-0.05, 0) is 73.2 Å². The molecule has 0 bridgehead atoms. The van der Waals surface area contributed by atoms with Gasteiger partial charge in [-0.1, -0.05) is 56.8 Å². The number of aromatic nitrogens is 6. The van der Waals surface area contributed by atoms with E-state index < -0.39 is 5.97 Å². The maximum atomic E-state index is 12.0. The molecule has 4 aromatic carbocycles. The highest BCUT2D eigenvalue weighted by molar-refractivity contribution is 5.86. The average molecular weight is 617 g/mol. The number of carbonyl (C=O) groups excluding carboxylic acids is 1. The zero-order chi connectivity index (χ0) is 32.4. The van der Waals surface area contributed by atoms with Gasteiger partial charge < -0.3 is 14.9 Å². The molecule has 2 heterocycles. The smallest absolute Gasteiger partial charge is 0.333 e. The molecule has 0 aliphatic heterocycles. The zero-order valence-electron chi connectivity index (χ0n) is 26.1. The molecule has 0 fully saturated rings. The molecule has 0 aliphatic carbocycles. The topological polar surface area (TPSA) is 128 Å². The van der Waals surface area contributed by atoms with Gasteiger partial charge in [-0.3, -0.25) is 0 Å². The number of phenols is 2. The lowest BCUT2D eigenvalue weighted by Gasteiger charge is -2.16. The number of hydrogen-bond acceptors (Lipinski definition) is 8. The number of hydrogen-bond donors (Lipinski definition) is 2. The highest BCUT2D eigenvalue weighted by atomic mass is 16.5. The van der Waals surface area contributed by atoms with E-state index in [9.17, 15) is 15.0 Å². The Morgan fingerprint density at radius 3 is 1.61 bits per heavy atom. The van der Waals surface area contributed by atoms with Gasteiger partial charge in [-0.25, -0.2) is 4.79 Å². The second kappa shape index (κ2) is 12.8. The van der Waals surface area contributed by atoms with Crippen molar-refractivity contribution < 1.29 is 19.7 Å². The Morgan fingerprint density at radius 2 is 1.20 bits per heavy atom. The summed E-state index contributed by atoms with van der Waals surface area (Å²) in [5.41, 5.74) is 6.98. The predicted molar refractivity (Wildman–Crippen MR) is 177 cm³/mol. The van der Waals surface area contributed by atoms with E-state index in [0.29, 0.717) is 51.4 Å². The fraction of sp³-hybridized carbons (Fsp3) is 0.250. The maximum Gasteiger partial charge on any atom is 0.333 e. The van der Waals surface area contributed by atoms with Crippen molar-refractivity contribution in [1.82, 2.24) is 30.0 Å². The number of aryl methyl sites for hydroxylation is 1. The standard InChI is InChI=1S/C36H36N6O4/c1-22(2)13-14-24-17-26(34(43)32(19-24)41-37-28-9-5-6-10-29(28)38-41)21-27-18-25(15-16-46-36(45)23(3)4)20-33(35(27)44)42-39-30-11-7-8-12-31(30)40-42/h5-12,17-20,22,43-44H,3,13-16,21H2,1-2,4H3. The molecule has 0 unspecified atom stereocenters. The number of ether oxygens (including phenoxy) is 1. The van der Waals surface area contributed by atoms with Crippen LogP contribution in [0.2, 0.25) is 0 Å². The molecule has 10 heteroatoms. The summed E-state index contributed by atoms with van der Waals surface area (Å²) in [6, 6.07) is 22.6. The molecule has 6 aromatic rings. The third-order valence-electron chi connectivity index (χ3n) is 7.82. The Labute approximate surface area is 266 Å². The first-order chi connectivity index (χ1) is 22.2. The Hall–Kier alpha value is -5.51. The van der Waals surface area contributed by atoms with Crippen LogP contribution in [0.3, 0.4) is 0 Å². The van der Waals surface area contributed by atoms with Crippen molar-refractivity contribution in [3.63, 3.8) is 0 Å². The van der Waals surface area contributed by atoms with Crippen molar-refractivity contribution in [2.45, 2.75) is 46.5 Å². The number of esters is 1. The lowest BCUT2D eigenvalue weighted by atomic mass is 9.95. The van der Waals surface area contributed by atoms with Crippen molar-refractivity contribution in [2.24, 2.45) is 5.92 Å². The van der Waals surface area contributed by atoms with Gasteiger partial charge in [0.25, 0.3) is 0 Å². The Kier molecular flexibility index (Phi) is 8.52. The molecule has 0 amide bonds. The lowest BCUT2D eigenvalue weighted by Crippen LogP contribution is -2.09. The minimum Gasteiger partial charge on any atom is -0.505 e. The molecule has 2 N–H and O–H groups in total. The molecule has 0 radical (unpaired) electrons. The largest absolute Gasteiger partial charge is 0.505 e. The van der Waals surface area contributed by atoms with E-state index in [1.807, 2.05) is 66.7 Å². The van der Waals surface area contributed by atoms with Crippen molar-refractivity contribution in [1.29, 1.82) is 0 Å². The van der Waals surface area contributed by atoms with Gasteiger partial charge in [0.15, 0.2) is 0 Å².